The van der Waals surface area contributed by atoms with Gasteiger partial charge in [0.25, 0.3) is 0 Å². The van der Waals surface area contributed by atoms with Crippen LogP contribution in [-0.4, -0.2) is 5.11 Å². The molecule has 2 aromatic carbocycles. The average Bonchev–Trinajstić information content (AvgIpc) is 2.56. The summed E-state index contributed by atoms with van der Waals surface area (Å²) in [7, 11) is 0. The predicted molar refractivity (Wildman–Crippen MR) is 87.7 cm³/mol. The van der Waals surface area contributed by atoms with Gasteiger partial charge in [-0.25, -0.2) is 0 Å². The van der Waals surface area contributed by atoms with Crippen molar-refractivity contribution in [1.29, 1.82) is 0 Å². The minimum absolute atomic E-state index is 0.121. The molecule has 0 radical (unpaired) electrons. The Morgan fingerprint density at radius 2 is 1.43 bits per heavy atom. The molecule has 1 atom stereocenters. The smallest absolute Gasteiger partial charge is 0.154 e. The summed E-state index contributed by atoms with van der Waals surface area (Å²) in [4.78, 5) is 0. The lowest BCUT2D eigenvalue weighted by molar-refractivity contribution is 0.0300. The Labute approximate surface area is 127 Å². The molecule has 1 nitrogen and oxygen atoms in total. The van der Waals surface area contributed by atoms with Crippen LogP contribution in [0.1, 0.15) is 37.8 Å². The third-order valence-electron chi connectivity index (χ3n) is 3.96. The lowest BCUT2D eigenvalue weighted by Crippen LogP contribution is -2.33. The van der Waals surface area contributed by atoms with E-state index in [1.54, 1.807) is 0 Å². The van der Waals surface area contributed by atoms with Crippen LogP contribution < -0.4 is 0 Å². The van der Waals surface area contributed by atoms with Gasteiger partial charge in [-0.05, 0) is 30.5 Å². The zero-order valence-corrected chi connectivity index (χ0v) is 12.7. The van der Waals surface area contributed by atoms with Gasteiger partial charge in [0.1, 0.15) is 0 Å². The minimum atomic E-state index is -1.10. The monoisotopic (exact) mass is 278 g/mol. The molecule has 0 amide bonds. The summed E-state index contributed by atoms with van der Waals surface area (Å²) in [5, 5.41) is 11.2. The van der Waals surface area contributed by atoms with Crippen LogP contribution in [0.15, 0.2) is 60.7 Å². The van der Waals surface area contributed by atoms with E-state index in [1.807, 2.05) is 60.7 Å². The highest BCUT2D eigenvalue weighted by Crippen LogP contribution is 2.33. The second-order valence-electron chi connectivity index (χ2n) is 5.26. The largest absolute Gasteiger partial charge is 0.373 e. The maximum atomic E-state index is 11.2. The number of benzene rings is 2. The highest BCUT2D eigenvalue weighted by Gasteiger charge is 2.34. The summed E-state index contributed by atoms with van der Waals surface area (Å²) in [5.41, 5.74) is 0.709. The zero-order chi connectivity index (χ0) is 15.1. The summed E-state index contributed by atoms with van der Waals surface area (Å²) in [6.07, 6.45) is 1.79. The Kier molecular flexibility index (Phi) is 5.20. The van der Waals surface area contributed by atoms with Crippen LogP contribution >= 0.6 is 0 Å². The van der Waals surface area contributed by atoms with Gasteiger partial charge in [-0.1, -0.05) is 74.2 Å². The third kappa shape index (κ3) is 3.54. The van der Waals surface area contributed by atoms with Crippen molar-refractivity contribution >= 4 is 0 Å². The Morgan fingerprint density at radius 3 is 1.95 bits per heavy atom. The van der Waals surface area contributed by atoms with Gasteiger partial charge in [0.15, 0.2) is 5.60 Å². The summed E-state index contributed by atoms with van der Waals surface area (Å²) in [5.74, 6) is 6.39. The van der Waals surface area contributed by atoms with Gasteiger partial charge >= 0.3 is 0 Å². The molecule has 0 aliphatic rings. The molecular weight excluding hydrogens is 256 g/mol. The Hall–Kier alpha value is -2.04. The van der Waals surface area contributed by atoms with E-state index in [0.29, 0.717) is 0 Å². The molecule has 0 spiro atoms. The molecule has 1 heteroatoms. The Morgan fingerprint density at radius 1 is 0.905 bits per heavy atom. The summed E-state index contributed by atoms with van der Waals surface area (Å²) >= 11 is 0. The van der Waals surface area contributed by atoms with Crippen LogP contribution in [0.2, 0.25) is 0 Å². The maximum Gasteiger partial charge on any atom is 0.154 e. The molecule has 0 saturated heterocycles. The molecule has 0 aliphatic heterocycles. The quantitative estimate of drug-likeness (QED) is 0.824. The van der Waals surface area contributed by atoms with Crippen molar-refractivity contribution in [2.75, 3.05) is 0 Å². The number of hydrogen-bond acceptors (Lipinski definition) is 1. The van der Waals surface area contributed by atoms with Gasteiger partial charge < -0.3 is 5.11 Å². The molecule has 0 fully saturated rings. The molecule has 108 valence electrons. The standard InChI is InChI=1S/C20H22O/c1-3-18(4-2)20(21,19-13-9-6-10-14-19)16-15-17-11-7-5-8-12-17/h5-14,18,21H,3-4H2,1-2H3/t20-/m0/s1. The minimum Gasteiger partial charge on any atom is -0.373 e. The first-order valence-electron chi connectivity index (χ1n) is 7.56. The highest BCUT2D eigenvalue weighted by atomic mass is 16.3. The number of rotatable bonds is 4. The Balaban J connectivity index is 2.45. The molecule has 0 heterocycles. The molecule has 1 N–H and O–H groups in total. The molecule has 21 heavy (non-hydrogen) atoms. The van der Waals surface area contributed by atoms with Crippen molar-refractivity contribution in [2.45, 2.75) is 32.3 Å². The second kappa shape index (κ2) is 7.11. The fourth-order valence-corrected chi connectivity index (χ4v) is 2.67. The van der Waals surface area contributed by atoms with E-state index in [-0.39, 0.29) is 5.92 Å². The fourth-order valence-electron chi connectivity index (χ4n) is 2.67. The SMILES string of the molecule is CCC(CC)[C@@](O)(C#Cc1ccccc1)c1ccccc1. The van der Waals surface area contributed by atoms with Gasteiger partial charge in [-0.15, -0.1) is 0 Å². The maximum absolute atomic E-state index is 11.2. The van der Waals surface area contributed by atoms with Crippen LogP contribution in [0.5, 0.6) is 0 Å². The second-order valence-corrected chi connectivity index (χ2v) is 5.26. The topological polar surface area (TPSA) is 20.2 Å². The summed E-state index contributed by atoms with van der Waals surface area (Å²) < 4.78 is 0. The van der Waals surface area contributed by atoms with E-state index in [1.165, 1.54) is 0 Å². The molecular formula is C20H22O. The first kappa shape index (κ1) is 15.4. The van der Waals surface area contributed by atoms with Gasteiger partial charge in [0, 0.05) is 11.5 Å². The van der Waals surface area contributed by atoms with E-state index in [9.17, 15) is 5.11 Å². The molecule has 0 aromatic heterocycles. The Bertz CT molecular complexity index is 603. The molecule has 2 aromatic rings. The lowest BCUT2D eigenvalue weighted by atomic mass is 9.78. The first-order valence-corrected chi connectivity index (χ1v) is 7.56. The number of aliphatic hydroxyl groups is 1. The fraction of sp³-hybridized carbons (Fsp3) is 0.300. The van der Waals surface area contributed by atoms with Gasteiger partial charge in [0.05, 0.1) is 0 Å². The van der Waals surface area contributed by atoms with E-state index in [2.05, 4.69) is 25.7 Å². The van der Waals surface area contributed by atoms with Crippen LogP contribution in [0.3, 0.4) is 0 Å². The van der Waals surface area contributed by atoms with Crippen LogP contribution in [-0.2, 0) is 5.60 Å². The normalized spacial score (nSPS) is 13.3. The van der Waals surface area contributed by atoms with Gasteiger partial charge in [-0.3, -0.25) is 0 Å². The van der Waals surface area contributed by atoms with E-state index in [0.717, 1.165) is 24.0 Å². The summed E-state index contributed by atoms with van der Waals surface area (Å²) in [6.45, 7) is 4.21. The third-order valence-corrected chi connectivity index (χ3v) is 3.96. The molecule has 0 bridgehead atoms. The lowest BCUT2D eigenvalue weighted by Gasteiger charge is -2.31. The van der Waals surface area contributed by atoms with E-state index in [4.69, 9.17) is 0 Å². The van der Waals surface area contributed by atoms with Crippen molar-refractivity contribution in [3.8, 4) is 11.8 Å². The summed E-state index contributed by atoms with van der Waals surface area (Å²) in [6, 6.07) is 19.6. The zero-order valence-electron chi connectivity index (χ0n) is 12.7. The highest BCUT2D eigenvalue weighted by molar-refractivity contribution is 5.40. The van der Waals surface area contributed by atoms with Crippen LogP contribution in [0.4, 0.5) is 0 Å². The van der Waals surface area contributed by atoms with Crippen LogP contribution in [0, 0.1) is 17.8 Å². The van der Waals surface area contributed by atoms with Crippen molar-refractivity contribution in [2.24, 2.45) is 5.92 Å². The number of hydrogen-bond donors (Lipinski definition) is 1. The molecule has 0 aliphatic carbocycles. The van der Waals surface area contributed by atoms with Crippen LogP contribution in [0.25, 0.3) is 0 Å². The first-order chi connectivity index (χ1) is 10.2. The van der Waals surface area contributed by atoms with Gasteiger partial charge in [-0.2, -0.15) is 0 Å². The molecule has 0 saturated carbocycles. The van der Waals surface area contributed by atoms with E-state index < -0.39 is 5.60 Å². The molecule has 0 unspecified atom stereocenters. The molecule has 2 rings (SSSR count). The van der Waals surface area contributed by atoms with Crippen molar-refractivity contribution < 1.29 is 5.11 Å². The van der Waals surface area contributed by atoms with E-state index >= 15 is 0 Å². The van der Waals surface area contributed by atoms with Crippen molar-refractivity contribution in [3.63, 3.8) is 0 Å². The van der Waals surface area contributed by atoms with Crippen molar-refractivity contribution in [3.05, 3.63) is 71.8 Å². The van der Waals surface area contributed by atoms with Gasteiger partial charge in [0.2, 0.25) is 0 Å². The average molecular weight is 278 g/mol. The van der Waals surface area contributed by atoms with Crippen molar-refractivity contribution in [1.82, 2.24) is 0 Å². The predicted octanol–water partition coefficient (Wildman–Crippen LogP) is 4.36.